The molecule has 0 saturated carbocycles. The molecule has 1 aromatic heterocycles. The molecule has 3 N–H and O–H groups in total. The minimum atomic E-state index is -0.197. The number of nitrogen functional groups attached to an aromatic ring is 1. The fourth-order valence-electron chi connectivity index (χ4n) is 1.80. The number of aromatic nitrogens is 2. The molecule has 20 heavy (non-hydrogen) atoms. The topological polar surface area (TPSA) is 72.9 Å². The monoisotopic (exact) mass is 356 g/mol. The zero-order valence-electron chi connectivity index (χ0n) is 11.1. The van der Waals surface area contributed by atoms with Crippen LogP contribution in [0, 0.1) is 13.8 Å². The highest BCUT2D eigenvalue weighted by molar-refractivity contribution is 9.10. The lowest BCUT2D eigenvalue weighted by Gasteiger charge is -2.09. The normalized spacial score (nSPS) is 10.6. The molecule has 1 heterocycles. The number of nitrogens with one attached hydrogen (secondary N) is 1. The molecule has 0 aliphatic heterocycles. The minimum absolute atomic E-state index is 0.125. The maximum absolute atomic E-state index is 12.0. The Hall–Kier alpha value is -1.53. The lowest BCUT2D eigenvalue weighted by atomic mass is 10.2. The average molecular weight is 358 g/mol. The van der Waals surface area contributed by atoms with Crippen LogP contribution >= 0.6 is 27.5 Å². The van der Waals surface area contributed by atoms with Crippen molar-refractivity contribution in [3.05, 3.63) is 39.1 Å². The van der Waals surface area contributed by atoms with Gasteiger partial charge in [-0.15, -0.1) is 0 Å². The molecule has 0 saturated heterocycles. The third kappa shape index (κ3) is 3.13. The number of amides is 1. The predicted octanol–water partition coefficient (Wildman–Crippen LogP) is 3.14. The van der Waals surface area contributed by atoms with E-state index < -0.39 is 0 Å². The Morgan fingerprint density at radius 1 is 1.50 bits per heavy atom. The van der Waals surface area contributed by atoms with E-state index in [1.165, 1.54) is 0 Å². The lowest BCUT2D eigenvalue weighted by molar-refractivity contribution is -0.116. The molecule has 1 amide bonds. The molecule has 2 rings (SSSR count). The van der Waals surface area contributed by atoms with E-state index in [1.807, 2.05) is 13.8 Å². The molecule has 1 aromatic carbocycles. The molecule has 2 aromatic rings. The summed E-state index contributed by atoms with van der Waals surface area (Å²) in [7, 11) is 0. The summed E-state index contributed by atoms with van der Waals surface area (Å²) in [4.78, 5) is 12.0. The van der Waals surface area contributed by atoms with Gasteiger partial charge in [-0.1, -0.05) is 11.6 Å². The third-order valence-electron chi connectivity index (χ3n) is 2.87. The smallest absolute Gasteiger partial charge is 0.246 e. The molecular weight excluding hydrogens is 344 g/mol. The Balaban J connectivity index is 2.11. The van der Waals surface area contributed by atoms with Crippen molar-refractivity contribution in [2.24, 2.45) is 0 Å². The number of carbonyl (C=O) groups excluding carboxylic acids is 1. The van der Waals surface area contributed by atoms with Gasteiger partial charge in [-0.2, -0.15) is 5.10 Å². The summed E-state index contributed by atoms with van der Waals surface area (Å²) in [5.74, 6) is -0.197. The van der Waals surface area contributed by atoms with Crippen molar-refractivity contribution in [3.8, 4) is 0 Å². The Kier molecular flexibility index (Phi) is 4.35. The Bertz CT molecular complexity index is 669. The molecule has 0 unspecified atom stereocenters. The number of rotatable bonds is 3. The van der Waals surface area contributed by atoms with Gasteiger partial charge >= 0.3 is 0 Å². The van der Waals surface area contributed by atoms with Gasteiger partial charge in [0.05, 0.1) is 27.2 Å². The number of anilines is 2. The van der Waals surface area contributed by atoms with Crippen LogP contribution in [0.3, 0.4) is 0 Å². The number of hydrogen-bond donors (Lipinski definition) is 2. The summed E-state index contributed by atoms with van der Waals surface area (Å²) < 4.78 is 2.55. The number of aryl methyl sites for hydroxylation is 1. The van der Waals surface area contributed by atoms with Crippen molar-refractivity contribution >= 4 is 44.8 Å². The summed E-state index contributed by atoms with van der Waals surface area (Å²) in [6.07, 6.45) is 0. The van der Waals surface area contributed by atoms with Gasteiger partial charge in [-0.3, -0.25) is 9.48 Å². The second kappa shape index (κ2) is 5.85. The maximum atomic E-state index is 12.0. The van der Waals surface area contributed by atoms with Gasteiger partial charge in [0.15, 0.2) is 0 Å². The first-order chi connectivity index (χ1) is 9.38. The predicted molar refractivity (Wildman–Crippen MR) is 83.9 cm³/mol. The highest BCUT2D eigenvalue weighted by atomic mass is 79.9. The van der Waals surface area contributed by atoms with E-state index >= 15 is 0 Å². The van der Waals surface area contributed by atoms with Gasteiger partial charge in [-0.25, -0.2) is 0 Å². The van der Waals surface area contributed by atoms with Gasteiger partial charge in [0.25, 0.3) is 0 Å². The Labute approximate surface area is 130 Å². The second-order valence-electron chi connectivity index (χ2n) is 4.42. The number of nitrogens with zero attached hydrogens (tertiary/aromatic N) is 2. The molecule has 5 nitrogen and oxygen atoms in total. The van der Waals surface area contributed by atoms with Gasteiger partial charge in [-0.05, 0) is 48.0 Å². The van der Waals surface area contributed by atoms with Gasteiger partial charge in [0.1, 0.15) is 6.54 Å². The molecule has 0 radical (unpaired) electrons. The van der Waals surface area contributed by atoms with Crippen molar-refractivity contribution in [1.29, 1.82) is 0 Å². The average Bonchev–Trinajstić information content (AvgIpc) is 2.61. The SMILES string of the molecule is Cc1nn(CC(=O)Nc2ccc(Cl)cc2N)c(C)c1Br. The molecule has 0 fully saturated rings. The van der Waals surface area contributed by atoms with Crippen LogP contribution in [0.15, 0.2) is 22.7 Å². The van der Waals surface area contributed by atoms with Crippen LogP contribution in [-0.4, -0.2) is 15.7 Å². The minimum Gasteiger partial charge on any atom is -0.397 e. The largest absolute Gasteiger partial charge is 0.397 e. The lowest BCUT2D eigenvalue weighted by Crippen LogP contribution is -2.20. The van der Waals surface area contributed by atoms with Crippen molar-refractivity contribution in [2.75, 3.05) is 11.1 Å². The molecule has 7 heteroatoms. The molecule has 106 valence electrons. The van der Waals surface area contributed by atoms with Gasteiger partial charge in [0.2, 0.25) is 5.91 Å². The molecule has 0 bridgehead atoms. The maximum Gasteiger partial charge on any atom is 0.246 e. The molecular formula is C13H14BrClN4O. The fourth-order valence-corrected chi connectivity index (χ4v) is 2.27. The first kappa shape index (κ1) is 14.9. The first-order valence-electron chi connectivity index (χ1n) is 5.93. The Morgan fingerprint density at radius 3 is 2.75 bits per heavy atom. The van der Waals surface area contributed by atoms with Crippen molar-refractivity contribution in [2.45, 2.75) is 20.4 Å². The van der Waals surface area contributed by atoms with Crippen molar-refractivity contribution in [3.63, 3.8) is 0 Å². The van der Waals surface area contributed by atoms with Crippen LogP contribution in [0.25, 0.3) is 0 Å². The van der Waals surface area contributed by atoms with Gasteiger partial charge in [0, 0.05) is 5.02 Å². The van der Waals surface area contributed by atoms with Crippen LogP contribution < -0.4 is 11.1 Å². The zero-order chi connectivity index (χ0) is 14.9. The summed E-state index contributed by atoms with van der Waals surface area (Å²) in [5, 5.41) is 7.56. The number of hydrogen-bond acceptors (Lipinski definition) is 3. The molecule has 0 atom stereocenters. The van der Waals surface area contributed by atoms with E-state index in [0.717, 1.165) is 15.9 Å². The van der Waals surface area contributed by atoms with E-state index in [4.69, 9.17) is 17.3 Å². The van der Waals surface area contributed by atoms with Crippen LogP contribution in [0.5, 0.6) is 0 Å². The zero-order valence-corrected chi connectivity index (χ0v) is 13.4. The number of benzene rings is 1. The van der Waals surface area contributed by atoms with Crippen molar-refractivity contribution < 1.29 is 4.79 Å². The van der Waals surface area contributed by atoms with Crippen LogP contribution in [0.2, 0.25) is 5.02 Å². The van der Waals surface area contributed by atoms with Crippen LogP contribution in [0.4, 0.5) is 11.4 Å². The highest BCUT2D eigenvalue weighted by Gasteiger charge is 2.12. The van der Waals surface area contributed by atoms with E-state index in [0.29, 0.717) is 16.4 Å². The quantitative estimate of drug-likeness (QED) is 0.829. The van der Waals surface area contributed by atoms with Crippen LogP contribution in [0.1, 0.15) is 11.4 Å². The van der Waals surface area contributed by atoms with E-state index in [2.05, 4.69) is 26.3 Å². The standard InChI is InChI=1S/C13H14BrClN4O/c1-7-13(14)8(2)19(18-7)6-12(20)17-11-4-3-9(15)5-10(11)16/h3-5H,6,16H2,1-2H3,(H,17,20). The number of halogens is 2. The van der Waals surface area contributed by atoms with E-state index in [9.17, 15) is 4.79 Å². The van der Waals surface area contributed by atoms with Crippen LogP contribution in [-0.2, 0) is 11.3 Å². The van der Waals surface area contributed by atoms with Crippen molar-refractivity contribution in [1.82, 2.24) is 9.78 Å². The van der Waals surface area contributed by atoms with Gasteiger partial charge < -0.3 is 11.1 Å². The number of nitrogens with two attached hydrogens (primary N) is 1. The summed E-state index contributed by atoms with van der Waals surface area (Å²) >= 11 is 9.24. The Morgan fingerprint density at radius 2 is 2.20 bits per heavy atom. The molecule has 0 aliphatic carbocycles. The third-order valence-corrected chi connectivity index (χ3v) is 4.26. The first-order valence-corrected chi connectivity index (χ1v) is 7.10. The highest BCUT2D eigenvalue weighted by Crippen LogP contribution is 2.23. The molecule has 0 aliphatic rings. The summed E-state index contributed by atoms with van der Waals surface area (Å²) in [5.41, 5.74) is 8.52. The second-order valence-corrected chi connectivity index (χ2v) is 5.65. The summed E-state index contributed by atoms with van der Waals surface area (Å²) in [6, 6.07) is 4.94. The number of carbonyl (C=O) groups is 1. The van der Waals surface area contributed by atoms with E-state index in [1.54, 1.807) is 22.9 Å². The molecule has 0 spiro atoms. The summed E-state index contributed by atoms with van der Waals surface area (Å²) in [6.45, 7) is 3.90. The van der Waals surface area contributed by atoms with E-state index in [-0.39, 0.29) is 12.5 Å². The fraction of sp³-hybridized carbons (Fsp3) is 0.231.